The van der Waals surface area contributed by atoms with E-state index in [2.05, 4.69) is 26.0 Å². The van der Waals surface area contributed by atoms with Gasteiger partial charge in [0.2, 0.25) is 0 Å². The van der Waals surface area contributed by atoms with Gasteiger partial charge in [-0.15, -0.1) is 0 Å². The van der Waals surface area contributed by atoms with Crippen molar-refractivity contribution in [1.29, 1.82) is 5.26 Å². The van der Waals surface area contributed by atoms with Crippen LogP contribution in [0.3, 0.4) is 0 Å². The number of nitrogens with zero attached hydrogens (tertiary/aromatic N) is 1. The Balaban J connectivity index is 3.02. The SMILES string of the molecule is CC(C)CCCCCCCC/C=C\CC#N. The normalized spacial score (nSPS) is 11.1. The van der Waals surface area contributed by atoms with E-state index in [4.69, 9.17) is 5.26 Å². The zero-order chi connectivity index (χ0) is 12.1. The predicted octanol–water partition coefficient (Wildman–Crippen LogP) is 5.23. The van der Waals surface area contributed by atoms with E-state index in [1.807, 2.05) is 6.08 Å². The largest absolute Gasteiger partial charge is 0.198 e. The van der Waals surface area contributed by atoms with Crippen molar-refractivity contribution in [3.05, 3.63) is 12.2 Å². The van der Waals surface area contributed by atoms with Crippen molar-refractivity contribution in [2.24, 2.45) is 5.92 Å². The molecule has 0 saturated heterocycles. The zero-order valence-corrected chi connectivity index (χ0v) is 11.0. The van der Waals surface area contributed by atoms with E-state index in [9.17, 15) is 0 Å². The fraction of sp³-hybridized carbons (Fsp3) is 0.800. The summed E-state index contributed by atoms with van der Waals surface area (Å²) in [5.74, 6) is 0.866. The molecule has 0 heterocycles. The fourth-order valence-electron chi connectivity index (χ4n) is 1.78. The van der Waals surface area contributed by atoms with Crippen molar-refractivity contribution in [3.63, 3.8) is 0 Å². The topological polar surface area (TPSA) is 23.8 Å². The molecule has 16 heavy (non-hydrogen) atoms. The molecule has 0 aromatic rings. The molecule has 0 N–H and O–H groups in total. The van der Waals surface area contributed by atoms with E-state index in [1.165, 1.54) is 44.9 Å². The average Bonchev–Trinajstić information content (AvgIpc) is 2.25. The first kappa shape index (κ1) is 15.2. The van der Waals surface area contributed by atoms with Gasteiger partial charge >= 0.3 is 0 Å². The van der Waals surface area contributed by atoms with Gasteiger partial charge in [-0.1, -0.05) is 64.5 Å². The summed E-state index contributed by atoms with van der Waals surface area (Å²) in [6, 6.07) is 2.12. The van der Waals surface area contributed by atoms with Gasteiger partial charge in [0.1, 0.15) is 0 Å². The summed E-state index contributed by atoms with van der Waals surface area (Å²) in [6.45, 7) is 4.60. The standard InChI is InChI=1S/C15H27N/c1-15(2)13-11-9-7-5-3-4-6-8-10-12-14-16/h8,10,15H,3-7,9,11-13H2,1-2H3/b10-8-. The molecule has 0 saturated carbocycles. The van der Waals surface area contributed by atoms with Crippen molar-refractivity contribution >= 4 is 0 Å². The second-order valence-electron chi connectivity index (χ2n) is 4.93. The summed E-state index contributed by atoms with van der Waals surface area (Å²) in [5, 5.41) is 8.33. The van der Waals surface area contributed by atoms with Crippen LogP contribution in [0.4, 0.5) is 0 Å². The van der Waals surface area contributed by atoms with Crippen LogP contribution >= 0.6 is 0 Å². The lowest BCUT2D eigenvalue weighted by Crippen LogP contribution is -1.87. The van der Waals surface area contributed by atoms with Crippen LogP contribution < -0.4 is 0 Å². The molecule has 0 rings (SSSR count). The molecule has 0 bridgehead atoms. The Kier molecular flexibility index (Phi) is 11.7. The fourth-order valence-corrected chi connectivity index (χ4v) is 1.78. The summed E-state index contributed by atoms with van der Waals surface area (Å²) >= 11 is 0. The third-order valence-electron chi connectivity index (χ3n) is 2.78. The maximum absolute atomic E-state index is 8.33. The maximum Gasteiger partial charge on any atom is 0.0663 e. The average molecular weight is 221 g/mol. The zero-order valence-electron chi connectivity index (χ0n) is 11.0. The van der Waals surface area contributed by atoms with Crippen molar-refractivity contribution in [3.8, 4) is 6.07 Å². The lowest BCUT2D eigenvalue weighted by atomic mass is 10.0. The smallest absolute Gasteiger partial charge is 0.0663 e. The molecule has 0 radical (unpaired) electrons. The predicted molar refractivity (Wildman–Crippen MR) is 71.1 cm³/mol. The van der Waals surface area contributed by atoms with Crippen LogP contribution in [0.25, 0.3) is 0 Å². The monoisotopic (exact) mass is 221 g/mol. The quantitative estimate of drug-likeness (QED) is 0.366. The van der Waals surface area contributed by atoms with Gasteiger partial charge in [-0.2, -0.15) is 5.26 Å². The number of allylic oxidation sites excluding steroid dienone is 2. The molecule has 0 unspecified atom stereocenters. The maximum atomic E-state index is 8.33. The van der Waals surface area contributed by atoms with Crippen LogP contribution in [0.1, 0.15) is 71.6 Å². The van der Waals surface area contributed by atoms with Crippen LogP contribution in [0.2, 0.25) is 0 Å². The minimum Gasteiger partial charge on any atom is -0.198 e. The summed E-state index contributed by atoms with van der Waals surface area (Å²) in [5.41, 5.74) is 0. The van der Waals surface area contributed by atoms with Gasteiger partial charge in [-0.3, -0.25) is 0 Å². The van der Waals surface area contributed by atoms with Crippen molar-refractivity contribution in [2.45, 2.75) is 71.6 Å². The van der Waals surface area contributed by atoms with E-state index in [1.54, 1.807) is 0 Å². The van der Waals surface area contributed by atoms with Crippen molar-refractivity contribution < 1.29 is 0 Å². The van der Waals surface area contributed by atoms with Crippen LogP contribution in [0, 0.1) is 17.2 Å². The molecule has 92 valence electrons. The third-order valence-corrected chi connectivity index (χ3v) is 2.78. The minimum atomic E-state index is 0.565. The Morgan fingerprint density at radius 1 is 0.938 bits per heavy atom. The third kappa shape index (κ3) is 13.2. The van der Waals surface area contributed by atoms with Gasteiger partial charge in [0.05, 0.1) is 12.5 Å². The lowest BCUT2D eigenvalue weighted by molar-refractivity contribution is 0.512. The lowest BCUT2D eigenvalue weighted by Gasteiger charge is -2.03. The first-order valence-corrected chi connectivity index (χ1v) is 6.79. The van der Waals surface area contributed by atoms with Gasteiger partial charge in [0.25, 0.3) is 0 Å². The molecule has 0 spiro atoms. The Morgan fingerprint density at radius 2 is 1.56 bits per heavy atom. The highest BCUT2D eigenvalue weighted by Gasteiger charge is 1.94. The Morgan fingerprint density at radius 3 is 2.19 bits per heavy atom. The first-order chi connectivity index (χ1) is 7.77. The molecule has 1 heteroatoms. The molecular weight excluding hydrogens is 194 g/mol. The minimum absolute atomic E-state index is 0.565. The summed E-state index contributed by atoms with van der Waals surface area (Å²) in [7, 11) is 0. The van der Waals surface area contributed by atoms with Crippen molar-refractivity contribution in [1.82, 2.24) is 0 Å². The molecule has 0 fully saturated rings. The number of nitriles is 1. The molecule has 1 nitrogen and oxygen atoms in total. The Labute approximate surface area is 102 Å². The highest BCUT2D eigenvalue weighted by Crippen LogP contribution is 2.12. The van der Waals surface area contributed by atoms with Crippen molar-refractivity contribution in [2.75, 3.05) is 0 Å². The molecule has 0 aromatic heterocycles. The van der Waals surface area contributed by atoms with E-state index in [0.29, 0.717) is 6.42 Å². The molecule has 0 aliphatic carbocycles. The van der Waals surface area contributed by atoms with Crippen LogP contribution in [0.5, 0.6) is 0 Å². The van der Waals surface area contributed by atoms with Gasteiger partial charge < -0.3 is 0 Å². The molecule has 0 atom stereocenters. The first-order valence-electron chi connectivity index (χ1n) is 6.79. The summed E-state index contributed by atoms with van der Waals surface area (Å²) < 4.78 is 0. The number of hydrogen-bond donors (Lipinski definition) is 0. The Hall–Kier alpha value is -0.770. The highest BCUT2D eigenvalue weighted by atomic mass is 14.2. The number of hydrogen-bond acceptors (Lipinski definition) is 1. The van der Waals surface area contributed by atoms with E-state index >= 15 is 0 Å². The molecule has 0 aliphatic heterocycles. The number of unbranched alkanes of at least 4 members (excludes halogenated alkanes) is 6. The van der Waals surface area contributed by atoms with E-state index in [0.717, 1.165) is 12.3 Å². The molecule has 0 aromatic carbocycles. The van der Waals surface area contributed by atoms with Gasteiger partial charge in [-0.25, -0.2) is 0 Å². The Bertz CT molecular complexity index is 198. The molecule has 0 amide bonds. The highest BCUT2D eigenvalue weighted by molar-refractivity contribution is 4.90. The van der Waals surface area contributed by atoms with E-state index < -0.39 is 0 Å². The summed E-state index contributed by atoms with van der Waals surface area (Å²) in [6.07, 6.45) is 15.4. The molecular formula is C15H27N. The van der Waals surface area contributed by atoms with E-state index in [-0.39, 0.29) is 0 Å². The summed E-state index contributed by atoms with van der Waals surface area (Å²) in [4.78, 5) is 0. The molecule has 0 aliphatic rings. The van der Waals surface area contributed by atoms with Crippen LogP contribution in [0.15, 0.2) is 12.2 Å². The number of rotatable bonds is 10. The van der Waals surface area contributed by atoms with Gasteiger partial charge in [0.15, 0.2) is 0 Å². The second-order valence-corrected chi connectivity index (χ2v) is 4.93. The van der Waals surface area contributed by atoms with Gasteiger partial charge in [-0.05, 0) is 18.8 Å². The van der Waals surface area contributed by atoms with Crippen LogP contribution in [-0.2, 0) is 0 Å². The van der Waals surface area contributed by atoms with Gasteiger partial charge in [0, 0.05) is 0 Å². The van der Waals surface area contributed by atoms with Crippen LogP contribution in [-0.4, -0.2) is 0 Å². The second kappa shape index (κ2) is 12.3.